The minimum Gasteiger partial charge on any atom is -0.383 e. The largest absolute Gasteiger partial charge is 0.383 e. The van der Waals surface area contributed by atoms with Gasteiger partial charge in [0.15, 0.2) is 0 Å². The summed E-state index contributed by atoms with van der Waals surface area (Å²) in [5, 5.41) is 0. The molecule has 2 aromatic rings. The number of aryl methyl sites for hydroxylation is 1. The number of benzene rings is 1. The average molecular weight is 434 g/mol. The summed E-state index contributed by atoms with van der Waals surface area (Å²) >= 11 is 0. The number of aromatic nitrogens is 1. The van der Waals surface area contributed by atoms with Crippen LogP contribution in [0.25, 0.3) is 0 Å². The molecule has 2 rings (SSSR count). The van der Waals surface area contributed by atoms with Crippen molar-refractivity contribution in [2.75, 3.05) is 33.4 Å². The van der Waals surface area contributed by atoms with E-state index in [0.717, 1.165) is 11.3 Å². The molecule has 0 aliphatic rings. The van der Waals surface area contributed by atoms with Crippen molar-refractivity contribution >= 4 is 15.9 Å². The minimum absolute atomic E-state index is 0.0116. The number of amides is 1. The fourth-order valence-corrected chi connectivity index (χ4v) is 4.59. The topological polar surface area (TPSA) is 79.8 Å². The van der Waals surface area contributed by atoms with E-state index in [4.69, 9.17) is 4.74 Å². The van der Waals surface area contributed by atoms with Gasteiger partial charge in [0.1, 0.15) is 0 Å². The first-order valence-corrected chi connectivity index (χ1v) is 11.6. The highest BCUT2D eigenvalue weighted by atomic mass is 32.2. The number of hydrogen-bond donors (Lipinski definition) is 0. The van der Waals surface area contributed by atoms with Crippen molar-refractivity contribution in [1.29, 1.82) is 0 Å². The van der Waals surface area contributed by atoms with Crippen LogP contribution < -0.4 is 0 Å². The van der Waals surface area contributed by atoms with Crippen molar-refractivity contribution in [3.05, 3.63) is 59.9 Å². The van der Waals surface area contributed by atoms with Gasteiger partial charge in [0.25, 0.3) is 0 Å². The zero-order valence-electron chi connectivity index (χ0n) is 18.0. The Morgan fingerprint density at radius 2 is 1.77 bits per heavy atom. The standard InChI is InChI=1S/C22H31N3O4S/c1-4-25(5-2)30(27,28)21-12-9-19(10-13-21)11-14-22(26)24(16-17-29-3)18-20-8-6-7-15-23-20/h6-10,12-13,15H,4-5,11,14,16-18H2,1-3H3. The summed E-state index contributed by atoms with van der Waals surface area (Å²) in [6.45, 7) is 5.89. The first kappa shape index (κ1) is 24.0. The fraction of sp³-hybridized carbons (Fsp3) is 0.455. The number of carbonyl (C=O) groups is 1. The van der Waals surface area contributed by atoms with Crippen LogP contribution in [0.4, 0.5) is 0 Å². The molecule has 0 spiro atoms. The van der Waals surface area contributed by atoms with Gasteiger partial charge in [0.2, 0.25) is 15.9 Å². The van der Waals surface area contributed by atoms with Gasteiger partial charge in [0.05, 0.1) is 23.7 Å². The van der Waals surface area contributed by atoms with Crippen molar-refractivity contribution in [3.63, 3.8) is 0 Å². The molecule has 1 heterocycles. The summed E-state index contributed by atoms with van der Waals surface area (Å²) in [7, 11) is -1.86. The normalized spacial score (nSPS) is 11.6. The van der Waals surface area contributed by atoms with E-state index in [0.29, 0.717) is 45.6 Å². The second kappa shape index (κ2) is 11.8. The molecule has 0 N–H and O–H groups in total. The Morgan fingerprint density at radius 1 is 1.07 bits per heavy atom. The van der Waals surface area contributed by atoms with E-state index in [-0.39, 0.29) is 10.8 Å². The Balaban J connectivity index is 2.01. The quantitative estimate of drug-likeness (QED) is 0.514. The molecule has 1 aromatic heterocycles. The van der Waals surface area contributed by atoms with Crippen molar-refractivity contribution in [2.24, 2.45) is 0 Å². The highest BCUT2D eigenvalue weighted by molar-refractivity contribution is 7.89. The molecular weight excluding hydrogens is 402 g/mol. The van der Waals surface area contributed by atoms with E-state index in [1.54, 1.807) is 42.5 Å². The zero-order chi connectivity index (χ0) is 22.0. The lowest BCUT2D eigenvalue weighted by atomic mass is 10.1. The maximum absolute atomic E-state index is 12.8. The van der Waals surface area contributed by atoms with Crippen molar-refractivity contribution < 1.29 is 17.9 Å². The molecule has 1 aromatic carbocycles. The maximum atomic E-state index is 12.8. The summed E-state index contributed by atoms with van der Waals surface area (Å²) in [6.07, 6.45) is 2.58. The summed E-state index contributed by atoms with van der Waals surface area (Å²) in [6, 6.07) is 12.4. The molecule has 30 heavy (non-hydrogen) atoms. The van der Waals surface area contributed by atoms with Crippen molar-refractivity contribution in [2.45, 2.75) is 38.1 Å². The van der Waals surface area contributed by atoms with E-state index in [1.807, 2.05) is 32.0 Å². The Bertz CT molecular complexity index is 882. The third-order valence-corrected chi connectivity index (χ3v) is 6.96. The molecule has 0 bridgehead atoms. The van der Waals surface area contributed by atoms with Crippen LogP contribution in [0.15, 0.2) is 53.6 Å². The van der Waals surface area contributed by atoms with Crippen LogP contribution in [0.1, 0.15) is 31.5 Å². The Morgan fingerprint density at radius 3 is 2.33 bits per heavy atom. The molecule has 8 heteroatoms. The smallest absolute Gasteiger partial charge is 0.243 e. The molecule has 164 valence electrons. The van der Waals surface area contributed by atoms with Crippen LogP contribution in [0.3, 0.4) is 0 Å². The molecule has 0 saturated heterocycles. The van der Waals surface area contributed by atoms with Gasteiger partial charge < -0.3 is 9.64 Å². The summed E-state index contributed by atoms with van der Waals surface area (Å²) in [4.78, 5) is 19.1. The van der Waals surface area contributed by atoms with Crippen molar-refractivity contribution in [3.8, 4) is 0 Å². The third-order valence-electron chi connectivity index (χ3n) is 4.89. The Labute approximate surface area is 179 Å². The van der Waals surface area contributed by atoms with Gasteiger partial charge in [-0.2, -0.15) is 4.31 Å². The van der Waals surface area contributed by atoms with E-state index in [2.05, 4.69) is 4.98 Å². The fourth-order valence-electron chi connectivity index (χ4n) is 3.13. The van der Waals surface area contributed by atoms with Gasteiger partial charge >= 0.3 is 0 Å². The number of sulfonamides is 1. The van der Waals surface area contributed by atoms with Gasteiger partial charge in [-0.05, 0) is 36.2 Å². The van der Waals surface area contributed by atoms with Crippen LogP contribution >= 0.6 is 0 Å². The summed E-state index contributed by atoms with van der Waals surface area (Å²) in [5.74, 6) is 0.0116. The lowest BCUT2D eigenvalue weighted by Gasteiger charge is -2.22. The summed E-state index contributed by atoms with van der Waals surface area (Å²) < 4.78 is 31.7. The van der Waals surface area contributed by atoms with E-state index >= 15 is 0 Å². The first-order chi connectivity index (χ1) is 14.4. The van der Waals surface area contributed by atoms with Crippen LogP contribution in [0.2, 0.25) is 0 Å². The van der Waals surface area contributed by atoms with Crippen LogP contribution in [0.5, 0.6) is 0 Å². The molecular formula is C22H31N3O4S. The average Bonchev–Trinajstić information content (AvgIpc) is 2.76. The second-order valence-electron chi connectivity index (χ2n) is 6.86. The first-order valence-electron chi connectivity index (χ1n) is 10.2. The van der Waals surface area contributed by atoms with Crippen molar-refractivity contribution in [1.82, 2.24) is 14.2 Å². The monoisotopic (exact) mass is 433 g/mol. The molecule has 0 fully saturated rings. The molecule has 0 atom stereocenters. The lowest BCUT2D eigenvalue weighted by molar-refractivity contribution is -0.132. The molecule has 7 nitrogen and oxygen atoms in total. The van der Waals surface area contributed by atoms with E-state index in [9.17, 15) is 13.2 Å². The molecule has 0 radical (unpaired) electrons. The predicted molar refractivity (Wildman–Crippen MR) is 116 cm³/mol. The number of pyridine rings is 1. The highest BCUT2D eigenvalue weighted by Crippen LogP contribution is 2.17. The van der Waals surface area contributed by atoms with Gasteiger partial charge in [-0.25, -0.2) is 8.42 Å². The van der Waals surface area contributed by atoms with Gasteiger partial charge in [-0.1, -0.05) is 32.0 Å². The van der Waals surface area contributed by atoms with E-state index in [1.165, 1.54) is 4.31 Å². The number of hydrogen-bond acceptors (Lipinski definition) is 5. The van der Waals surface area contributed by atoms with Crippen LogP contribution in [-0.4, -0.2) is 61.9 Å². The van der Waals surface area contributed by atoms with Gasteiger partial charge in [-0.3, -0.25) is 9.78 Å². The Hall–Kier alpha value is -2.29. The maximum Gasteiger partial charge on any atom is 0.243 e. The SMILES string of the molecule is CCN(CC)S(=O)(=O)c1ccc(CCC(=O)N(CCOC)Cc2ccccn2)cc1. The molecule has 1 amide bonds. The molecule has 0 aliphatic carbocycles. The number of nitrogens with zero attached hydrogens (tertiary/aromatic N) is 3. The zero-order valence-corrected chi connectivity index (χ0v) is 18.8. The van der Waals surface area contributed by atoms with Crippen LogP contribution in [-0.2, 0) is 32.5 Å². The predicted octanol–water partition coefficient (Wildman–Crippen LogP) is 2.72. The van der Waals surface area contributed by atoms with Gasteiger partial charge in [0, 0.05) is 39.4 Å². The van der Waals surface area contributed by atoms with Crippen LogP contribution in [0, 0.1) is 0 Å². The number of rotatable bonds is 12. The summed E-state index contributed by atoms with van der Waals surface area (Å²) in [5.41, 5.74) is 1.75. The van der Waals surface area contributed by atoms with Gasteiger partial charge in [-0.15, -0.1) is 0 Å². The number of methoxy groups -OCH3 is 1. The minimum atomic E-state index is -3.47. The number of ether oxygens (including phenoxy) is 1. The van der Waals surface area contributed by atoms with E-state index < -0.39 is 10.0 Å². The lowest BCUT2D eigenvalue weighted by Crippen LogP contribution is -2.33. The second-order valence-corrected chi connectivity index (χ2v) is 8.80. The highest BCUT2D eigenvalue weighted by Gasteiger charge is 2.21. The molecule has 0 unspecified atom stereocenters. The Kier molecular flexibility index (Phi) is 9.42. The third kappa shape index (κ3) is 6.62. The molecule has 0 aliphatic heterocycles. The number of carbonyl (C=O) groups excluding carboxylic acids is 1. The molecule has 0 saturated carbocycles.